The first kappa shape index (κ1) is 10.4. The molecule has 1 aromatic carbocycles. The minimum Gasteiger partial charge on any atom is -0.496 e. The fourth-order valence-corrected chi connectivity index (χ4v) is 1.25. The quantitative estimate of drug-likeness (QED) is 0.547. The van der Waals surface area contributed by atoms with Crippen LogP contribution in [0.5, 0.6) is 5.75 Å². The molecule has 1 aromatic rings. The minimum absolute atomic E-state index is 0.163. The molecule has 0 radical (unpaired) electrons. The largest absolute Gasteiger partial charge is 0.496 e. The molecule has 0 aliphatic rings. The van der Waals surface area contributed by atoms with Gasteiger partial charge in [-0.2, -0.15) is 0 Å². The van der Waals surface area contributed by atoms with E-state index >= 15 is 0 Å². The Morgan fingerprint density at radius 1 is 1.43 bits per heavy atom. The fourth-order valence-electron chi connectivity index (χ4n) is 1.25. The van der Waals surface area contributed by atoms with E-state index in [9.17, 15) is 9.70 Å². The van der Waals surface area contributed by atoms with Gasteiger partial charge in [0, 0.05) is 0 Å². The maximum absolute atomic E-state index is 11.2. The predicted molar refractivity (Wildman–Crippen MR) is 53.2 cm³/mol. The van der Waals surface area contributed by atoms with Gasteiger partial charge in [0.2, 0.25) is 0 Å². The molecule has 4 nitrogen and oxygen atoms in total. The standard InChI is InChI=1S/C10H11NO3/c1-6-4-9(11-13)8(7(2)12)5-10(6)14-3/h4-5H,1-3H3. The molecule has 14 heavy (non-hydrogen) atoms. The van der Waals surface area contributed by atoms with Gasteiger partial charge < -0.3 is 4.74 Å². The zero-order valence-corrected chi connectivity index (χ0v) is 8.33. The number of benzene rings is 1. The summed E-state index contributed by atoms with van der Waals surface area (Å²) < 4.78 is 5.04. The maximum Gasteiger partial charge on any atom is 0.162 e. The first-order valence-corrected chi connectivity index (χ1v) is 4.13. The molecule has 0 N–H and O–H groups in total. The van der Waals surface area contributed by atoms with Crippen molar-refractivity contribution in [2.24, 2.45) is 5.18 Å². The lowest BCUT2D eigenvalue weighted by Crippen LogP contribution is -1.96. The zero-order valence-electron chi connectivity index (χ0n) is 8.33. The number of nitrogens with zero attached hydrogens (tertiary/aromatic N) is 1. The number of aryl methyl sites for hydroxylation is 1. The number of methoxy groups -OCH3 is 1. The molecule has 0 amide bonds. The first-order valence-electron chi connectivity index (χ1n) is 4.13. The molecule has 1 rings (SSSR count). The molecule has 0 fully saturated rings. The van der Waals surface area contributed by atoms with E-state index in [1.54, 1.807) is 13.0 Å². The number of ketones is 1. The van der Waals surface area contributed by atoms with E-state index in [2.05, 4.69) is 5.18 Å². The van der Waals surface area contributed by atoms with Gasteiger partial charge in [-0.25, -0.2) is 0 Å². The molecule has 0 saturated carbocycles. The van der Waals surface area contributed by atoms with E-state index in [1.165, 1.54) is 20.1 Å². The predicted octanol–water partition coefficient (Wildman–Crippen LogP) is 2.60. The summed E-state index contributed by atoms with van der Waals surface area (Å²) in [7, 11) is 1.51. The van der Waals surface area contributed by atoms with Crippen LogP contribution in [0.2, 0.25) is 0 Å². The summed E-state index contributed by atoms with van der Waals surface area (Å²) in [5.41, 5.74) is 1.24. The molecule has 0 bridgehead atoms. The van der Waals surface area contributed by atoms with Gasteiger partial charge in [-0.15, -0.1) is 4.91 Å². The highest BCUT2D eigenvalue weighted by molar-refractivity contribution is 5.99. The fraction of sp³-hybridized carbons (Fsp3) is 0.300. The van der Waals surface area contributed by atoms with Crippen LogP contribution in [0.3, 0.4) is 0 Å². The Bertz CT molecular complexity index is 385. The van der Waals surface area contributed by atoms with E-state index in [1.807, 2.05) is 0 Å². The molecule has 0 saturated heterocycles. The molecule has 0 aliphatic carbocycles. The summed E-state index contributed by atoms with van der Waals surface area (Å²) in [6, 6.07) is 3.08. The third-order valence-electron chi connectivity index (χ3n) is 1.99. The van der Waals surface area contributed by atoms with Crippen molar-refractivity contribution >= 4 is 11.5 Å². The molecule has 74 valence electrons. The van der Waals surface area contributed by atoms with Crippen LogP contribution in [-0.2, 0) is 0 Å². The summed E-state index contributed by atoms with van der Waals surface area (Å²) in [6.45, 7) is 3.18. The monoisotopic (exact) mass is 193 g/mol. The van der Waals surface area contributed by atoms with Crippen molar-refractivity contribution in [3.05, 3.63) is 28.2 Å². The third kappa shape index (κ3) is 1.79. The summed E-state index contributed by atoms with van der Waals surface area (Å²) in [5.74, 6) is 0.389. The average Bonchev–Trinajstić information content (AvgIpc) is 2.16. The number of rotatable bonds is 3. The van der Waals surface area contributed by atoms with Gasteiger partial charge in [-0.3, -0.25) is 4.79 Å². The molecule has 0 unspecified atom stereocenters. The van der Waals surface area contributed by atoms with Crippen LogP contribution in [0.4, 0.5) is 5.69 Å². The lowest BCUT2D eigenvalue weighted by molar-refractivity contribution is 0.101. The second kappa shape index (κ2) is 4.00. The highest BCUT2D eigenvalue weighted by atomic mass is 16.5. The highest BCUT2D eigenvalue weighted by Gasteiger charge is 2.11. The molecule has 0 heterocycles. The smallest absolute Gasteiger partial charge is 0.162 e. The molecule has 4 heteroatoms. The van der Waals surface area contributed by atoms with E-state index < -0.39 is 0 Å². The van der Waals surface area contributed by atoms with Crippen molar-refractivity contribution in [1.82, 2.24) is 0 Å². The Balaban J connectivity index is 3.39. The van der Waals surface area contributed by atoms with Gasteiger partial charge in [0.1, 0.15) is 11.4 Å². The molecule has 0 aromatic heterocycles. The number of hydrogen-bond acceptors (Lipinski definition) is 4. The Hall–Kier alpha value is -1.71. The number of hydrogen-bond donors (Lipinski definition) is 0. The lowest BCUT2D eigenvalue weighted by Gasteiger charge is -2.07. The second-order valence-corrected chi connectivity index (χ2v) is 2.99. The Labute approximate surface area is 81.9 Å². The van der Waals surface area contributed by atoms with Crippen molar-refractivity contribution in [3.8, 4) is 5.75 Å². The van der Waals surface area contributed by atoms with Gasteiger partial charge in [0.05, 0.1) is 12.7 Å². The van der Waals surface area contributed by atoms with Gasteiger partial charge in [-0.1, -0.05) is 0 Å². The van der Waals surface area contributed by atoms with Gasteiger partial charge >= 0.3 is 0 Å². The van der Waals surface area contributed by atoms with Crippen molar-refractivity contribution in [1.29, 1.82) is 0 Å². The number of nitroso groups, excluding NO2 is 1. The van der Waals surface area contributed by atoms with Crippen LogP contribution < -0.4 is 4.74 Å². The van der Waals surface area contributed by atoms with Crippen molar-refractivity contribution < 1.29 is 9.53 Å². The maximum atomic E-state index is 11.2. The average molecular weight is 193 g/mol. The zero-order chi connectivity index (χ0) is 10.7. The van der Waals surface area contributed by atoms with E-state index in [-0.39, 0.29) is 11.5 Å². The molecular weight excluding hydrogens is 182 g/mol. The molecule has 0 atom stereocenters. The topological polar surface area (TPSA) is 55.7 Å². The van der Waals surface area contributed by atoms with Crippen LogP contribution in [0, 0.1) is 11.8 Å². The number of carbonyl (C=O) groups is 1. The molecule has 0 aliphatic heterocycles. The Morgan fingerprint density at radius 2 is 2.07 bits per heavy atom. The van der Waals surface area contributed by atoms with Gasteiger partial charge in [-0.05, 0) is 36.7 Å². The summed E-state index contributed by atoms with van der Waals surface area (Å²) in [5, 5.41) is 2.80. The van der Waals surface area contributed by atoms with Crippen molar-refractivity contribution in [3.63, 3.8) is 0 Å². The van der Waals surface area contributed by atoms with Crippen LogP contribution in [0.1, 0.15) is 22.8 Å². The molecule has 0 spiro atoms. The van der Waals surface area contributed by atoms with Gasteiger partial charge in [0.15, 0.2) is 5.78 Å². The Kier molecular flexibility index (Phi) is 2.96. The van der Waals surface area contributed by atoms with Crippen LogP contribution in [0.25, 0.3) is 0 Å². The number of carbonyl (C=O) groups excluding carboxylic acids is 1. The Morgan fingerprint density at radius 3 is 2.50 bits per heavy atom. The van der Waals surface area contributed by atoms with Crippen molar-refractivity contribution in [2.45, 2.75) is 13.8 Å². The van der Waals surface area contributed by atoms with Gasteiger partial charge in [0.25, 0.3) is 0 Å². The van der Waals surface area contributed by atoms with Crippen LogP contribution in [0.15, 0.2) is 17.3 Å². The first-order chi connectivity index (χ1) is 6.60. The highest BCUT2D eigenvalue weighted by Crippen LogP contribution is 2.28. The normalized spacial score (nSPS) is 9.64. The lowest BCUT2D eigenvalue weighted by atomic mass is 10.1. The summed E-state index contributed by atoms with van der Waals surface area (Å²) >= 11 is 0. The van der Waals surface area contributed by atoms with E-state index in [0.29, 0.717) is 11.3 Å². The summed E-state index contributed by atoms with van der Waals surface area (Å²) in [4.78, 5) is 21.6. The third-order valence-corrected chi connectivity index (χ3v) is 1.99. The summed E-state index contributed by atoms with van der Waals surface area (Å²) in [6.07, 6.45) is 0. The number of Topliss-reactive ketones (excluding diaryl/α,β-unsaturated/α-hetero) is 1. The van der Waals surface area contributed by atoms with Crippen LogP contribution >= 0.6 is 0 Å². The van der Waals surface area contributed by atoms with Crippen molar-refractivity contribution in [2.75, 3.05) is 7.11 Å². The molecular formula is C10H11NO3. The van der Waals surface area contributed by atoms with Crippen LogP contribution in [-0.4, -0.2) is 12.9 Å². The second-order valence-electron chi connectivity index (χ2n) is 2.99. The van der Waals surface area contributed by atoms with E-state index in [0.717, 1.165) is 5.56 Å². The minimum atomic E-state index is -0.196. The SMILES string of the molecule is COc1cc(C(C)=O)c(N=O)cc1C. The number of ether oxygens (including phenoxy) is 1. The van der Waals surface area contributed by atoms with E-state index in [4.69, 9.17) is 4.74 Å².